The number of carbonyl (C=O) groups excluding carboxylic acids is 1. The first-order valence-electron chi connectivity index (χ1n) is 11.9. The van der Waals surface area contributed by atoms with E-state index in [0.717, 1.165) is 30.6 Å². The van der Waals surface area contributed by atoms with E-state index in [1.54, 1.807) is 7.11 Å². The summed E-state index contributed by atoms with van der Waals surface area (Å²) in [4.78, 5) is 25.2. The largest absolute Gasteiger partial charge is 0.497 e. The van der Waals surface area contributed by atoms with E-state index in [-0.39, 0.29) is 18.1 Å². The molecule has 0 aliphatic carbocycles. The average Bonchev–Trinajstić information content (AvgIpc) is 3.24. The quantitative estimate of drug-likeness (QED) is 0.596. The lowest BCUT2D eigenvalue weighted by molar-refractivity contribution is 0.130. The van der Waals surface area contributed by atoms with Gasteiger partial charge in [0.15, 0.2) is 0 Å². The summed E-state index contributed by atoms with van der Waals surface area (Å²) in [7, 11) is 3.71. The summed E-state index contributed by atoms with van der Waals surface area (Å²) in [5, 5.41) is 0.668. The second-order valence-electron chi connectivity index (χ2n) is 8.66. The number of halogens is 1. The van der Waals surface area contributed by atoms with E-state index in [0.29, 0.717) is 42.1 Å². The predicted molar refractivity (Wildman–Crippen MR) is 135 cm³/mol. The van der Waals surface area contributed by atoms with Gasteiger partial charge in [-0.15, -0.1) is 0 Å². The Balaban J connectivity index is 1.80. The molecule has 0 spiro atoms. The maximum absolute atomic E-state index is 14.1. The highest BCUT2D eigenvalue weighted by atomic mass is 35.5. The summed E-state index contributed by atoms with van der Waals surface area (Å²) in [6, 6.07) is 13.1. The number of carbonyl (C=O) groups is 1. The molecule has 1 saturated heterocycles. The van der Waals surface area contributed by atoms with Gasteiger partial charge in [-0.2, -0.15) is 0 Å². The average molecular weight is 485 g/mol. The molecule has 7 nitrogen and oxygen atoms in total. The maximum atomic E-state index is 14.1. The molecule has 2 atom stereocenters. The van der Waals surface area contributed by atoms with Gasteiger partial charge in [-0.3, -0.25) is 9.89 Å². The van der Waals surface area contributed by atoms with Crippen LogP contribution in [0.5, 0.6) is 11.5 Å². The Hall–Kier alpha value is -2.77. The van der Waals surface area contributed by atoms with Crippen LogP contribution >= 0.6 is 11.6 Å². The number of likely N-dealkylation sites (N-methyl/N-ethyl adjacent to an activating group) is 1. The Morgan fingerprint density at radius 3 is 2.41 bits per heavy atom. The molecule has 2 aliphatic heterocycles. The van der Waals surface area contributed by atoms with E-state index < -0.39 is 0 Å². The molecule has 0 bridgehead atoms. The van der Waals surface area contributed by atoms with E-state index >= 15 is 0 Å². The second kappa shape index (κ2) is 10.7. The molecule has 182 valence electrons. The van der Waals surface area contributed by atoms with Crippen molar-refractivity contribution in [3.8, 4) is 11.5 Å². The van der Waals surface area contributed by atoms with Crippen LogP contribution in [-0.2, 0) is 0 Å². The summed E-state index contributed by atoms with van der Waals surface area (Å²) in [5.41, 5.74) is 1.81. The number of nitrogens with zero attached hydrogens (tertiary/aromatic N) is 4. The first-order chi connectivity index (χ1) is 16.5. The highest BCUT2D eigenvalue weighted by Gasteiger charge is 2.43. The number of hydrogen-bond donors (Lipinski definition) is 0. The van der Waals surface area contributed by atoms with Crippen molar-refractivity contribution >= 4 is 23.5 Å². The zero-order chi connectivity index (χ0) is 24.2. The molecule has 8 heteroatoms. The van der Waals surface area contributed by atoms with E-state index in [9.17, 15) is 4.79 Å². The van der Waals surface area contributed by atoms with E-state index in [1.807, 2.05) is 59.2 Å². The number of amides is 2. The third-order valence-electron chi connectivity index (χ3n) is 6.50. The van der Waals surface area contributed by atoms with E-state index in [1.165, 1.54) is 0 Å². The van der Waals surface area contributed by atoms with Crippen LogP contribution in [0.3, 0.4) is 0 Å². The van der Waals surface area contributed by atoms with Crippen LogP contribution in [0.15, 0.2) is 47.5 Å². The molecule has 1 unspecified atom stereocenters. The lowest BCUT2D eigenvalue weighted by Gasteiger charge is -2.38. The molecular weight excluding hydrogens is 452 g/mol. The molecule has 2 aromatic carbocycles. The fourth-order valence-electron chi connectivity index (χ4n) is 4.59. The van der Waals surface area contributed by atoms with Gasteiger partial charge in [0.05, 0.1) is 31.4 Å². The SMILES string of the molecule is CCOc1cc(OC)ccc1C1=NC(CC)[C@H](c2ccc(Cl)cc2)N1C(=O)N1CCN(C)CC1. The van der Waals surface area contributed by atoms with Crippen LogP contribution in [-0.4, -0.2) is 79.6 Å². The Kier molecular flexibility index (Phi) is 7.63. The Bertz CT molecular complexity index is 1030. The van der Waals surface area contributed by atoms with Crippen molar-refractivity contribution in [1.82, 2.24) is 14.7 Å². The summed E-state index contributed by atoms with van der Waals surface area (Å²) in [6.45, 7) is 7.61. The van der Waals surface area contributed by atoms with Crippen LogP contribution in [0.4, 0.5) is 4.79 Å². The normalized spacial score (nSPS) is 20.9. The molecule has 0 N–H and O–H groups in total. The number of urea groups is 1. The van der Waals surface area contributed by atoms with Crippen LogP contribution in [0.25, 0.3) is 0 Å². The van der Waals surface area contributed by atoms with Crippen LogP contribution in [0, 0.1) is 0 Å². The summed E-state index contributed by atoms with van der Waals surface area (Å²) < 4.78 is 11.4. The standard InChI is InChI=1S/C26H33ClN4O3/c1-5-22-24(18-7-9-19(27)10-8-18)31(26(32)30-15-13-29(3)14-16-30)25(28-22)21-12-11-20(33-4)17-23(21)34-6-2/h7-12,17,22,24H,5-6,13-16H2,1-4H3/t22?,24-/m0/s1. The number of ether oxygens (including phenoxy) is 2. The Morgan fingerprint density at radius 1 is 1.09 bits per heavy atom. The zero-order valence-corrected chi connectivity index (χ0v) is 21.1. The van der Waals surface area contributed by atoms with Crippen molar-refractivity contribution < 1.29 is 14.3 Å². The third kappa shape index (κ3) is 4.86. The van der Waals surface area contributed by atoms with Crippen molar-refractivity contribution in [2.75, 3.05) is 46.9 Å². The van der Waals surface area contributed by atoms with Gasteiger partial charge in [-0.05, 0) is 50.2 Å². The van der Waals surface area contributed by atoms with Gasteiger partial charge in [0.1, 0.15) is 17.3 Å². The monoisotopic (exact) mass is 484 g/mol. The molecule has 0 saturated carbocycles. The molecule has 0 radical (unpaired) electrons. The number of methoxy groups -OCH3 is 1. The third-order valence-corrected chi connectivity index (χ3v) is 6.75. The zero-order valence-electron chi connectivity index (χ0n) is 20.3. The molecule has 2 heterocycles. The number of rotatable bonds is 6. The highest BCUT2D eigenvalue weighted by Crippen LogP contribution is 2.39. The van der Waals surface area contributed by atoms with Gasteiger partial charge in [0.25, 0.3) is 0 Å². The lowest BCUT2D eigenvalue weighted by Crippen LogP contribution is -2.53. The van der Waals surface area contributed by atoms with Gasteiger partial charge in [0, 0.05) is 37.3 Å². The second-order valence-corrected chi connectivity index (χ2v) is 9.10. The fourth-order valence-corrected chi connectivity index (χ4v) is 4.71. The van der Waals surface area contributed by atoms with Gasteiger partial charge >= 0.3 is 6.03 Å². The van der Waals surface area contributed by atoms with Gasteiger partial charge in [0.2, 0.25) is 0 Å². The summed E-state index contributed by atoms with van der Waals surface area (Å²) >= 11 is 6.18. The minimum atomic E-state index is -0.221. The molecule has 2 aromatic rings. The molecule has 2 amide bonds. The Morgan fingerprint density at radius 2 is 1.79 bits per heavy atom. The van der Waals surface area contributed by atoms with Gasteiger partial charge in [-0.25, -0.2) is 4.79 Å². The molecule has 34 heavy (non-hydrogen) atoms. The molecule has 1 fully saturated rings. The topological polar surface area (TPSA) is 57.6 Å². The minimum Gasteiger partial charge on any atom is -0.497 e. The predicted octanol–water partition coefficient (Wildman–Crippen LogP) is 4.70. The van der Waals surface area contributed by atoms with Crippen LogP contribution in [0.1, 0.15) is 37.4 Å². The summed E-state index contributed by atoms with van der Waals surface area (Å²) in [5.74, 6) is 1.99. The van der Waals surface area contributed by atoms with E-state index in [4.69, 9.17) is 26.1 Å². The summed E-state index contributed by atoms with van der Waals surface area (Å²) in [6.07, 6.45) is 0.795. The first kappa shape index (κ1) is 24.4. The number of amidine groups is 1. The minimum absolute atomic E-state index is 0.0268. The van der Waals surface area contributed by atoms with Crippen molar-refractivity contribution in [2.24, 2.45) is 4.99 Å². The number of aliphatic imine (C=N–C) groups is 1. The number of piperazine rings is 1. The van der Waals surface area contributed by atoms with E-state index in [2.05, 4.69) is 18.9 Å². The fraction of sp³-hybridized carbons (Fsp3) is 0.462. The number of hydrogen-bond acceptors (Lipinski definition) is 5. The van der Waals surface area contributed by atoms with Crippen LogP contribution in [0.2, 0.25) is 5.02 Å². The van der Waals surface area contributed by atoms with Crippen molar-refractivity contribution in [2.45, 2.75) is 32.4 Å². The van der Waals surface area contributed by atoms with Gasteiger partial charge < -0.3 is 19.3 Å². The Labute approximate surface area is 206 Å². The lowest BCUT2D eigenvalue weighted by atomic mass is 9.97. The molecule has 2 aliphatic rings. The molecule has 0 aromatic heterocycles. The van der Waals surface area contributed by atoms with Crippen LogP contribution < -0.4 is 9.47 Å². The molecular formula is C26H33ClN4O3. The first-order valence-corrected chi connectivity index (χ1v) is 12.3. The van der Waals surface area contributed by atoms with Crippen molar-refractivity contribution in [3.63, 3.8) is 0 Å². The van der Waals surface area contributed by atoms with Crippen molar-refractivity contribution in [1.29, 1.82) is 0 Å². The van der Waals surface area contributed by atoms with Crippen molar-refractivity contribution in [3.05, 3.63) is 58.6 Å². The maximum Gasteiger partial charge on any atom is 0.326 e. The number of benzene rings is 2. The smallest absolute Gasteiger partial charge is 0.326 e. The van der Waals surface area contributed by atoms with Gasteiger partial charge in [-0.1, -0.05) is 30.7 Å². The molecule has 4 rings (SSSR count). The highest BCUT2D eigenvalue weighted by molar-refractivity contribution is 6.30.